The minimum atomic E-state index is -0.189. The van der Waals surface area contributed by atoms with Gasteiger partial charge >= 0.3 is 0 Å². The van der Waals surface area contributed by atoms with Gasteiger partial charge in [-0.3, -0.25) is 0 Å². The number of halogens is 1. The van der Waals surface area contributed by atoms with E-state index in [1.165, 1.54) is 17.7 Å². The first-order valence-electron chi connectivity index (χ1n) is 7.60. The van der Waals surface area contributed by atoms with Crippen LogP contribution in [0.4, 0.5) is 4.39 Å². The van der Waals surface area contributed by atoms with Gasteiger partial charge in [0.2, 0.25) is 0 Å². The fourth-order valence-corrected chi connectivity index (χ4v) is 2.77. The monoisotopic (exact) mass is 285 g/mol. The van der Waals surface area contributed by atoms with Gasteiger partial charge < -0.3 is 5.32 Å². The maximum atomic E-state index is 13.2. The van der Waals surface area contributed by atoms with E-state index in [0.717, 1.165) is 18.5 Å². The quantitative estimate of drug-likeness (QED) is 0.800. The minimum Gasteiger partial charge on any atom is -0.309 e. The predicted molar refractivity (Wildman–Crippen MR) is 86.9 cm³/mol. The summed E-state index contributed by atoms with van der Waals surface area (Å²) in [5, 5.41) is 3.62. The normalized spacial score (nSPS) is 13.1. The highest BCUT2D eigenvalue weighted by Gasteiger charge is 2.31. The summed E-state index contributed by atoms with van der Waals surface area (Å²) in [7, 11) is 0. The summed E-state index contributed by atoms with van der Waals surface area (Å²) in [5.74, 6) is -0.189. The molecule has 0 heterocycles. The van der Waals surface area contributed by atoms with Gasteiger partial charge in [-0.15, -0.1) is 0 Å². The molecule has 1 atom stereocenters. The van der Waals surface area contributed by atoms with Crippen LogP contribution in [0.5, 0.6) is 0 Å². The van der Waals surface area contributed by atoms with Crippen LogP contribution in [0.15, 0.2) is 54.6 Å². The van der Waals surface area contributed by atoms with E-state index in [2.05, 4.69) is 50.4 Å². The van der Waals surface area contributed by atoms with Crippen molar-refractivity contribution in [1.82, 2.24) is 5.32 Å². The third-order valence-electron chi connectivity index (χ3n) is 4.04. The number of hydrogen-bond acceptors (Lipinski definition) is 1. The molecule has 2 heteroatoms. The molecule has 0 aliphatic heterocycles. The summed E-state index contributed by atoms with van der Waals surface area (Å²) in [6, 6.07) is 17.5. The molecule has 1 N–H and O–H groups in total. The molecule has 2 aromatic carbocycles. The number of hydrogen-bond donors (Lipinski definition) is 1. The molecule has 2 rings (SSSR count). The van der Waals surface area contributed by atoms with Crippen molar-refractivity contribution in [1.29, 1.82) is 0 Å². The van der Waals surface area contributed by atoms with Crippen LogP contribution in [0.25, 0.3) is 0 Å². The fourth-order valence-electron chi connectivity index (χ4n) is 2.77. The van der Waals surface area contributed by atoms with E-state index >= 15 is 0 Å². The van der Waals surface area contributed by atoms with Crippen LogP contribution in [-0.4, -0.2) is 6.54 Å². The maximum absolute atomic E-state index is 13.2. The Morgan fingerprint density at radius 2 is 1.62 bits per heavy atom. The largest absolute Gasteiger partial charge is 0.309 e. The van der Waals surface area contributed by atoms with Gasteiger partial charge in [-0.25, -0.2) is 4.39 Å². The van der Waals surface area contributed by atoms with Crippen molar-refractivity contribution in [3.63, 3.8) is 0 Å². The molecule has 0 aliphatic carbocycles. The molecule has 0 saturated heterocycles. The molecular weight excluding hydrogens is 261 g/mol. The van der Waals surface area contributed by atoms with E-state index in [4.69, 9.17) is 0 Å². The van der Waals surface area contributed by atoms with Gasteiger partial charge in [0.1, 0.15) is 5.82 Å². The van der Waals surface area contributed by atoms with Crippen molar-refractivity contribution in [3.8, 4) is 0 Å². The highest BCUT2D eigenvalue weighted by molar-refractivity contribution is 5.32. The Labute approximate surface area is 127 Å². The van der Waals surface area contributed by atoms with E-state index in [1.54, 1.807) is 0 Å². The summed E-state index contributed by atoms with van der Waals surface area (Å²) in [6.07, 6.45) is 1.07. The zero-order valence-corrected chi connectivity index (χ0v) is 13.1. The van der Waals surface area contributed by atoms with Gasteiger partial charge in [-0.05, 0) is 36.2 Å². The van der Waals surface area contributed by atoms with Crippen molar-refractivity contribution in [2.45, 2.75) is 38.6 Å². The smallest absolute Gasteiger partial charge is 0.123 e. The lowest BCUT2D eigenvalue weighted by Gasteiger charge is -2.36. The Hall–Kier alpha value is -1.67. The van der Waals surface area contributed by atoms with Crippen LogP contribution in [0.3, 0.4) is 0 Å². The van der Waals surface area contributed by atoms with Gasteiger partial charge in [0.25, 0.3) is 0 Å². The van der Waals surface area contributed by atoms with Crippen molar-refractivity contribution >= 4 is 0 Å². The van der Waals surface area contributed by atoms with Gasteiger partial charge in [0.15, 0.2) is 0 Å². The Bertz CT molecular complexity index is 546. The third kappa shape index (κ3) is 3.70. The van der Waals surface area contributed by atoms with E-state index in [1.807, 2.05) is 18.2 Å². The molecule has 0 fully saturated rings. The average molecular weight is 285 g/mol. The Morgan fingerprint density at radius 1 is 1.00 bits per heavy atom. The molecule has 0 amide bonds. The van der Waals surface area contributed by atoms with Crippen LogP contribution >= 0.6 is 0 Å². The Balaban J connectivity index is 2.37. The van der Waals surface area contributed by atoms with Gasteiger partial charge in [-0.2, -0.15) is 0 Å². The lowest BCUT2D eigenvalue weighted by molar-refractivity contribution is 0.348. The molecular formula is C19H24FN. The Kier molecular flexibility index (Phi) is 5.13. The summed E-state index contributed by atoms with van der Waals surface area (Å²) in [5.41, 5.74) is 2.33. The maximum Gasteiger partial charge on any atom is 0.123 e. The van der Waals surface area contributed by atoms with E-state index in [0.29, 0.717) is 0 Å². The number of benzene rings is 2. The Morgan fingerprint density at radius 3 is 2.19 bits per heavy atom. The highest BCUT2D eigenvalue weighted by Crippen LogP contribution is 2.36. The molecule has 0 radical (unpaired) electrons. The molecule has 0 saturated carbocycles. The fraction of sp³-hybridized carbons (Fsp3) is 0.368. The summed E-state index contributed by atoms with van der Waals surface area (Å²) >= 11 is 0. The van der Waals surface area contributed by atoms with Crippen LogP contribution in [0, 0.1) is 5.82 Å². The SMILES string of the molecule is CCCNC(c1ccc(F)cc1)C(C)(C)c1ccccc1. The van der Waals surface area contributed by atoms with Gasteiger partial charge in [0, 0.05) is 11.5 Å². The van der Waals surface area contributed by atoms with E-state index in [9.17, 15) is 4.39 Å². The zero-order valence-electron chi connectivity index (χ0n) is 13.1. The van der Waals surface area contributed by atoms with E-state index in [-0.39, 0.29) is 17.3 Å². The van der Waals surface area contributed by atoms with Crippen LogP contribution in [0.2, 0.25) is 0 Å². The summed E-state index contributed by atoms with van der Waals surface area (Å²) < 4.78 is 13.2. The zero-order chi connectivity index (χ0) is 15.3. The van der Waals surface area contributed by atoms with Crippen molar-refractivity contribution in [3.05, 3.63) is 71.5 Å². The predicted octanol–water partition coefficient (Wildman–Crippen LogP) is 4.84. The van der Waals surface area contributed by atoms with Gasteiger partial charge in [-0.1, -0.05) is 63.2 Å². The minimum absolute atomic E-state index is 0.0751. The van der Waals surface area contributed by atoms with Crippen LogP contribution < -0.4 is 5.32 Å². The van der Waals surface area contributed by atoms with Crippen LogP contribution in [0.1, 0.15) is 44.4 Å². The molecule has 1 nitrogen and oxygen atoms in total. The number of nitrogens with one attached hydrogen (secondary N) is 1. The highest BCUT2D eigenvalue weighted by atomic mass is 19.1. The van der Waals surface area contributed by atoms with Crippen molar-refractivity contribution in [2.75, 3.05) is 6.54 Å². The molecule has 21 heavy (non-hydrogen) atoms. The molecule has 0 bridgehead atoms. The first-order valence-corrected chi connectivity index (χ1v) is 7.60. The van der Waals surface area contributed by atoms with Crippen molar-refractivity contribution < 1.29 is 4.39 Å². The summed E-state index contributed by atoms with van der Waals surface area (Å²) in [6.45, 7) is 7.57. The lowest BCUT2D eigenvalue weighted by atomic mass is 9.75. The molecule has 2 aromatic rings. The second kappa shape index (κ2) is 6.86. The average Bonchev–Trinajstić information content (AvgIpc) is 2.50. The second-order valence-corrected chi connectivity index (χ2v) is 6.03. The lowest BCUT2D eigenvalue weighted by Crippen LogP contribution is -2.37. The topological polar surface area (TPSA) is 12.0 Å². The van der Waals surface area contributed by atoms with Crippen LogP contribution in [-0.2, 0) is 5.41 Å². The number of rotatable bonds is 6. The standard InChI is InChI=1S/C19H24FN/c1-4-14-21-18(15-10-12-17(20)13-11-15)19(2,3)16-8-6-5-7-9-16/h5-13,18,21H,4,14H2,1-3H3. The first kappa shape index (κ1) is 15.7. The van der Waals surface area contributed by atoms with E-state index < -0.39 is 0 Å². The molecule has 0 aliphatic rings. The molecule has 1 unspecified atom stereocenters. The third-order valence-corrected chi connectivity index (χ3v) is 4.04. The molecule has 112 valence electrons. The summed E-state index contributed by atoms with van der Waals surface area (Å²) in [4.78, 5) is 0. The molecule has 0 spiro atoms. The molecule has 0 aromatic heterocycles. The van der Waals surface area contributed by atoms with Crippen molar-refractivity contribution in [2.24, 2.45) is 0 Å². The first-order chi connectivity index (χ1) is 10.1. The second-order valence-electron chi connectivity index (χ2n) is 6.03. The van der Waals surface area contributed by atoms with Gasteiger partial charge in [0.05, 0.1) is 0 Å².